The van der Waals surface area contributed by atoms with Crippen molar-refractivity contribution in [2.24, 2.45) is 0 Å². The maximum atomic E-state index is 12.8. The van der Waals surface area contributed by atoms with Crippen LogP contribution in [0.15, 0.2) is 23.1 Å². The summed E-state index contributed by atoms with van der Waals surface area (Å²) in [6, 6.07) is 4.78. The molecular weight excluding hydrogens is 368 g/mol. The van der Waals surface area contributed by atoms with Gasteiger partial charge in [-0.1, -0.05) is 20.8 Å². The van der Waals surface area contributed by atoms with Gasteiger partial charge in [-0.15, -0.1) is 0 Å². The Bertz CT molecular complexity index is 729. The van der Waals surface area contributed by atoms with Crippen molar-refractivity contribution in [1.29, 1.82) is 0 Å². The summed E-state index contributed by atoms with van der Waals surface area (Å²) < 4.78 is 32.5. The molecule has 152 valence electrons. The number of carbonyl (C=O) groups is 1. The highest BCUT2D eigenvalue weighted by Crippen LogP contribution is 2.27. The van der Waals surface area contributed by atoms with Crippen LogP contribution in [0.1, 0.15) is 27.2 Å². The molecule has 1 amide bonds. The molecule has 0 aromatic heterocycles. The number of amides is 1. The van der Waals surface area contributed by atoms with E-state index in [2.05, 4.69) is 16.0 Å². The maximum absolute atomic E-state index is 12.8. The minimum absolute atomic E-state index is 0.159. The Balaban J connectivity index is 2.32. The van der Waals surface area contributed by atoms with Crippen LogP contribution in [0.3, 0.4) is 0 Å². The van der Waals surface area contributed by atoms with E-state index in [1.54, 1.807) is 26.0 Å². The fourth-order valence-electron chi connectivity index (χ4n) is 2.86. The molecule has 0 saturated carbocycles. The first-order chi connectivity index (χ1) is 12.9. The number of nitrogens with one attached hydrogen (secondary N) is 3. The Hall–Kier alpha value is -1.68. The van der Waals surface area contributed by atoms with Crippen molar-refractivity contribution in [1.82, 2.24) is 9.62 Å². The van der Waals surface area contributed by atoms with E-state index >= 15 is 0 Å². The summed E-state index contributed by atoms with van der Waals surface area (Å²) in [4.78, 5) is 12.7. The number of morpholine rings is 1. The highest BCUT2D eigenvalue weighted by atomic mass is 32.2. The van der Waals surface area contributed by atoms with Gasteiger partial charge >= 0.3 is 0 Å². The predicted molar refractivity (Wildman–Crippen MR) is 107 cm³/mol. The van der Waals surface area contributed by atoms with Crippen LogP contribution in [0.25, 0.3) is 0 Å². The zero-order chi connectivity index (χ0) is 19.9. The number of benzene rings is 1. The van der Waals surface area contributed by atoms with Crippen LogP contribution in [-0.4, -0.2) is 64.1 Å². The van der Waals surface area contributed by atoms with Gasteiger partial charge in [0.05, 0.1) is 22.9 Å². The molecule has 8 nitrogen and oxygen atoms in total. The highest BCUT2D eigenvalue weighted by molar-refractivity contribution is 7.89. The smallest absolute Gasteiger partial charge is 0.254 e. The number of ether oxygens (including phenoxy) is 1. The summed E-state index contributed by atoms with van der Waals surface area (Å²) in [5.74, 6) is -0.292. The summed E-state index contributed by atoms with van der Waals surface area (Å²) in [6.07, 6.45) is 0.309. The average molecular weight is 399 g/mol. The summed E-state index contributed by atoms with van der Waals surface area (Å²) in [7, 11) is -3.61. The SMILES string of the molecule is CCCNc1ccc(S(=O)(=O)N(CC)CC)cc1NC(=O)[C@H]1CNCCO1. The fourth-order valence-corrected chi connectivity index (χ4v) is 4.35. The van der Waals surface area contributed by atoms with Gasteiger partial charge in [-0.05, 0) is 24.6 Å². The minimum Gasteiger partial charge on any atom is -0.383 e. The third-order valence-electron chi connectivity index (χ3n) is 4.38. The third-order valence-corrected chi connectivity index (χ3v) is 6.42. The molecule has 1 fully saturated rings. The zero-order valence-electron chi connectivity index (χ0n) is 16.2. The lowest BCUT2D eigenvalue weighted by atomic mass is 10.2. The molecule has 3 N–H and O–H groups in total. The minimum atomic E-state index is -3.61. The van der Waals surface area contributed by atoms with Gasteiger partial charge in [0.15, 0.2) is 0 Å². The topological polar surface area (TPSA) is 99.8 Å². The molecule has 1 aromatic carbocycles. The molecule has 0 bridgehead atoms. The lowest BCUT2D eigenvalue weighted by Crippen LogP contribution is -2.45. The molecule has 27 heavy (non-hydrogen) atoms. The molecule has 0 aliphatic carbocycles. The molecule has 1 atom stereocenters. The third kappa shape index (κ3) is 5.41. The Morgan fingerprint density at radius 1 is 1.26 bits per heavy atom. The van der Waals surface area contributed by atoms with Crippen molar-refractivity contribution >= 4 is 27.3 Å². The van der Waals surface area contributed by atoms with E-state index in [-0.39, 0.29) is 10.8 Å². The normalized spacial score (nSPS) is 17.7. The second-order valence-corrected chi connectivity index (χ2v) is 8.21. The van der Waals surface area contributed by atoms with Crippen LogP contribution in [0.5, 0.6) is 0 Å². The lowest BCUT2D eigenvalue weighted by Gasteiger charge is -2.24. The van der Waals surface area contributed by atoms with Crippen LogP contribution >= 0.6 is 0 Å². The number of anilines is 2. The van der Waals surface area contributed by atoms with Gasteiger partial charge in [-0.2, -0.15) is 4.31 Å². The van der Waals surface area contributed by atoms with E-state index < -0.39 is 16.1 Å². The monoisotopic (exact) mass is 398 g/mol. The summed E-state index contributed by atoms with van der Waals surface area (Å²) in [6.45, 7) is 8.73. The number of carbonyl (C=O) groups excluding carboxylic acids is 1. The summed E-state index contributed by atoms with van der Waals surface area (Å²) in [5, 5.41) is 9.17. The van der Waals surface area contributed by atoms with Crippen molar-refractivity contribution in [3.63, 3.8) is 0 Å². The predicted octanol–water partition coefficient (Wildman–Crippen LogP) is 1.47. The van der Waals surface area contributed by atoms with Gasteiger partial charge in [-0.3, -0.25) is 4.79 Å². The van der Waals surface area contributed by atoms with Crippen LogP contribution in [0.2, 0.25) is 0 Å². The molecule has 0 radical (unpaired) electrons. The van der Waals surface area contributed by atoms with Gasteiger partial charge in [-0.25, -0.2) is 8.42 Å². The summed E-state index contributed by atoms with van der Waals surface area (Å²) in [5.41, 5.74) is 1.13. The fraction of sp³-hybridized carbons (Fsp3) is 0.611. The zero-order valence-corrected chi connectivity index (χ0v) is 17.1. The second-order valence-electron chi connectivity index (χ2n) is 6.28. The highest BCUT2D eigenvalue weighted by Gasteiger charge is 2.25. The molecule has 1 saturated heterocycles. The largest absolute Gasteiger partial charge is 0.383 e. The van der Waals surface area contributed by atoms with E-state index in [0.717, 1.165) is 6.42 Å². The molecule has 1 aliphatic rings. The molecule has 0 spiro atoms. The lowest BCUT2D eigenvalue weighted by molar-refractivity contribution is -0.128. The molecule has 0 unspecified atom stereocenters. The number of hydrogen-bond donors (Lipinski definition) is 3. The number of hydrogen-bond acceptors (Lipinski definition) is 6. The Morgan fingerprint density at radius 2 is 2.00 bits per heavy atom. The van der Waals surface area contributed by atoms with E-state index in [9.17, 15) is 13.2 Å². The Kier molecular flexibility index (Phi) is 8.03. The van der Waals surface area contributed by atoms with E-state index in [0.29, 0.717) is 50.7 Å². The molecule has 1 aliphatic heterocycles. The van der Waals surface area contributed by atoms with Gasteiger partial charge in [0.1, 0.15) is 6.10 Å². The number of sulfonamides is 1. The average Bonchev–Trinajstić information content (AvgIpc) is 2.68. The second kappa shape index (κ2) is 10.0. The van der Waals surface area contributed by atoms with Crippen molar-refractivity contribution in [3.8, 4) is 0 Å². The van der Waals surface area contributed by atoms with E-state index in [1.807, 2.05) is 6.92 Å². The molecule has 9 heteroatoms. The van der Waals surface area contributed by atoms with Crippen LogP contribution in [0, 0.1) is 0 Å². The first kappa shape index (κ1) is 21.6. The van der Waals surface area contributed by atoms with Gasteiger partial charge in [0.25, 0.3) is 5.91 Å². The summed E-state index contributed by atoms with van der Waals surface area (Å²) >= 11 is 0. The molecular formula is C18H30N4O4S. The van der Waals surface area contributed by atoms with Crippen molar-refractivity contribution in [2.45, 2.75) is 38.2 Å². The number of rotatable bonds is 9. The molecule has 1 heterocycles. The van der Waals surface area contributed by atoms with Crippen LogP contribution < -0.4 is 16.0 Å². The Morgan fingerprint density at radius 3 is 2.59 bits per heavy atom. The first-order valence-electron chi connectivity index (χ1n) is 9.45. The standard InChI is InChI=1S/C18H30N4O4S/c1-4-9-20-15-8-7-14(27(24,25)22(5-2)6-3)12-16(15)21-18(23)17-13-19-10-11-26-17/h7-8,12,17,19-20H,4-6,9-11,13H2,1-3H3,(H,21,23)/t17-/m1/s1. The number of nitrogens with zero attached hydrogens (tertiary/aromatic N) is 1. The van der Waals surface area contributed by atoms with Gasteiger partial charge < -0.3 is 20.7 Å². The first-order valence-corrected chi connectivity index (χ1v) is 10.9. The quantitative estimate of drug-likeness (QED) is 0.582. The molecule has 2 rings (SSSR count). The van der Waals surface area contributed by atoms with E-state index in [4.69, 9.17) is 4.74 Å². The van der Waals surface area contributed by atoms with Crippen LogP contribution in [0.4, 0.5) is 11.4 Å². The Labute approximate surface area is 161 Å². The van der Waals surface area contributed by atoms with Crippen LogP contribution in [-0.2, 0) is 19.6 Å². The van der Waals surface area contributed by atoms with Gasteiger partial charge in [0.2, 0.25) is 10.0 Å². The van der Waals surface area contributed by atoms with Crippen molar-refractivity contribution in [2.75, 3.05) is 50.0 Å². The van der Waals surface area contributed by atoms with Gasteiger partial charge in [0, 0.05) is 32.7 Å². The van der Waals surface area contributed by atoms with Crippen molar-refractivity contribution < 1.29 is 17.9 Å². The molecule has 1 aromatic rings. The van der Waals surface area contributed by atoms with E-state index in [1.165, 1.54) is 10.4 Å². The van der Waals surface area contributed by atoms with Crippen molar-refractivity contribution in [3.05, 3.63) is 18.2 Å². The maximum Gasteiger partial charge on any atom is 0.254 e.